The summed E-state index contributed by atoms with van der Waals surface area (Å²) in [4.78, 5) is 12.1. The van der Waals surface area contributed by atoms with E-state index in [0.717, 1.165) is 16.9 Å². The highest BCUT2D eigenvalue weighted by molar-refractivity contribution is 6.68. The van der Waals surface area contributed by atoms with Gasteiger partial charge in [-0.2, -0.15) is 0 Å². The van der Waals surface area contributed by atoms with Gasteiger partial charge in [0.25, 0.3) is 5.91 Å². The molecule has 1 unspecified atom stereocenters. The molecule has 23 heavy (non-hydrogen) atoms. The Labute approximate surface area is 148 Å². The van der Waals surface area contributed by atoms with Crippen LogP contribution >= 0.6 is 34.8 Å². The molecule has 1 amide bonds. The highest BCUT2D eigenvalue weighted by Gasteiger charge is 2.32. The van der Waals surface area contributed by atoms with Crippen molar-refractivity contribution in [3.05, 3.63) is 54.1 Å². The highest BCUT2D eigenvalue weighted by atomic mass is 35.6. The Bertz CT molecular complexity index is 684. The van der Waals surface area contributed by atoms with Crippen molar-refractivity contribution in [3.63, 3.8) is 0 Å². The number of nitrogens with one attached hydrogen (secondary N) is 1. The first-order chi connectivity index (χ1) is 10.8. The quantitative estimate of drug-likeness (QED) is 0.632. The molecule has 1 atom stereocenters. The molecule has 0 bridgehead atoms. The molecule has 2 N–H and O–H groups in total. The fourth-order valence-electron chi connectivity index (χ4n) is 1.91. The summed E-state index contributed by atoms with van der Waals surface area (Å²) in [6.45, 7) is 0. The van der Waals surface area contributed by atoms with E-state index in [1.807, 2.05) is 30.3 Å². The number of rotatable bonds is 4. The molecule has 0 saturated carbocycles. The van der Waals surface area contributed by atoms with Crippen LogP contribution in [0, 0.1) is 0 Å². The summed E-state index contributed by atoms with van der Waals surface area (Å²) < 4.78 is 3.12. The molecule has 7 heteroatoms. The molecule has 2 aromatic rings. The standard InChI is InChI=1S/C16H14Cl3NO3/c1-23-13-7-5-10(6-8-13)11-3-2-4-12(9-11)14(21)20-15(22)16(17,18)19/h2-9,15,22H,1H3,(H,20,21). The van der Waals surface area contributed by atoms with Crippen molar-refractivity contribution in [2.24, 2.45) is 0 Å². The van der Waals surface area contributed by atoms with Crippen LogP contribution in [0.25, 0.3) is 11.1 Å². The van der Waals surface area contributed by atoms with Crippen molar-refractivity contribution in [3.8, 4) is 16.9 Å². The third-order valence-corrected chi connectivity index (χ3v) is 3.75. The molecule has 0 aliphatic carbocycles. The normalized spacial score (nSPS) is 12.6. The second-order valence-electron chi connectivity index (χ2n) is 4.73. The van der Waals surface area contributed by atoms with Gasteiger partial charge in [-0.25, -0.2) is 0 Å². The molecular formula is C16H14Cl3NO3. The number of halogens is 3. The van der Waals surface area contributed by atoms with E-state index in [2.05, 4.69) is 5.32 Å². The maximum atomic E-state index is 12.1. The van der Waals surface area contributed by atoms with E-state index < -0.39 is 15.9 Å². The predicted octanol–water partition coefficient (Wildman–Crippen LogP) is 3.78. The summed E-state index contributed by atoms with van der Waals surface area (Å²) in [6, 6.07) is 14.3. The van der Waals surface area contributed by atoms with Crippen LogP contribution in [0.4, 0.5) is 0 Å². The smallest absolute Gasteiger partial charge is 0.253 e. The van der Waals surface area contributed by atoms with Crippen molar-refractivity contribution in [2.45, 2.75) is 10.0 Å². The van der Waals surface area contributed by atoms with Gasteiger partial charge < -0.3 is 15.2 Å². The van der Waals surface area contributed by atoms with Crippen LogP contribution in [-0.2, 0) is 0 Å². The zero-order valence-electron chi connectivity index (χ0n) is 12.1. The Kier molecular flexibility index (Phi) is 5.76. The Morgan fingerprint density at radius 1 is 1.13 bits per heavy atom. The lowest BCUT2D eigenvalue weighted by Gasteiger charge is -2.20. The van der Waals surface area contributed by atoms with Crippen LogP contribution in [0.3, 0.4) is 0 Å². The SMILES string of the molecule is COc1ccc(-c2cccc(C(=O)NC(O)C(Cl)(Cl)Cl)c2)cc1. The van der Waals surface area contributed by atoms with Crippen LogP contribution in [0.5, 0.6) is 5.75 Å². The number of hydrogen-bond acceptors (Lipinski definition) is 3. The predicted molar refractivity (Wildman–Crippen MR) is 92.2 cm³/mol. The molecule has 2 rings (SSSR count). The number of ether oxygens (including phenoxy) is 1. The minimum absolute atomic E-state index is 0.339. The lowest BCUT2D eigenvalue weighted by molar-refractivity contribution is 0.0792. The fraction of sp³-hybridized carbons (Fsp3) is 0.188. The van der Waals surface area contributed by atoms with Crippen molar-refractivity contribution < 1.29 is 14.6 Å². The van der Waals surface area contributed by atoms with Crippen LogP contribution < -0.4 is 10.1 Å². The van der Waals surface area contributed by atoms with E-state index in [1.165, 1.54) is 0 Å². The molecule has 0 aliphatic heterocycles. The summed E-state index contributed by atoms with van der Waals surface area (Å²) in [6.07, 6.45) is -1.61. The van der Waals surface area contributed by atoms with Crippen LogP contribution in [0.2, 0.25) is 0 Å². The van der Waals surface area contributed by atoms with E-state index in [0.29, 0.717) is 5.56 Å². The average molecular weight is 375 g/mol. The summed E-state index contributed by atoms with van der Waals surface area (Å²) in [5.41, 5.74) is 2.10. The van der Waals surface area contributed by atoms with Gasteiger partial charge in [0.15, 0.2) is 6.23 Å². The summed E-state index contributed by atoms with van der Waals surface area (Å²) >= 11 is 16.6. The Morgan fingerprint density at radius 3 is 2.35 bits per heavy atom. The van der Waals surface area contributed by atoms with Crippen LogP contribution in [0.15, 0.2) is 48.5 Å². The number of benzene rings is 2. The second kappa shape index (κ2) is 7.41. The van der Waals surface area contributed by atoms with E-state index >= 15 is 0 Å². The van der Waals surface area contributed by atoms with E-state index in [-0.39, 0.29) is 0 Å². The number of carbonyl (C=O) groups excluding carboxylic acids is 1. The van der Waals surface area contributed by atoms with Gasteiger partial charge in [0, 0.05) is 5.56 Å². The van der Waals surface area contributed by atoms with Gasteiger partial charge in [-0.3, -0.25) is 4.79 Å². The van der Waals surface area contributed by atoms with E-state index in [4.69, 9.17) is 39.5 Å². The largest absolute Gasteiger partial charge is 0.497 e. The van der Waals surface area contributed by atoms with Gasteiger partial charge in [-0.05, 0) is 35.4 Å². The molecular weight excluding hydrogens is 361 g/mol. The molecule has 0 aromatic heterocycles. The fourth-order valence-corrected chi connectivity index (χ4v) is 2.08. The number of methoxy groups -OCH3 is 1. The number of aliphatic hydroxyl groups excluding tert-OH is 1. The van der Waals surface area contributed by atoms with Crippen molar-refractivity contribution >= 4 is 40.7 Å². The monoisotopic (exact) mass is 373 g/mol. The first kappa shape index (κ1) is 17.9. The second-order valence-corrected chi connectivity index (χ2v) is 7.10. The third kappa shape index (κ3) is 4.75. The van der Waals surface area contributed by atoms with Gasteiger partial charge >= 0.3 is 0 Å². The van der Waals surface area contributed by atoms with Gasteiger partial charge in [0.1, 0.15) is 5.75 Å². The number of aliphatic hydroxyl groups is 1. The lowest BCUT2D eigenvalue weighted by atomic mass is 10.0. The number of amides is 1. The van der Waals surface area contributed by atoms with Gasteiger partial charge in [-0.1, -0.05) is 59.1 Å². The summed E-state index contributed by atoms with van der Waals surface area (Å²) in [5, 5.41) is 11.9. The van der Waals surface area contributed by atoms with Crippen molar-refractivity contribution in [2.75, 3.05) is 7.11 Å². The van der Waals surface area contributed by atoms with Gasteiger partial charge in [0.2, 0.25) is 3.79 Å². The molecule has 0 heterocycles. The molecule has 0 radical (unpaired) electrons. The first-order valence-electron chi connectivity index (χ1n) is 6.61. The Hall–Kier alpha value is -1.46. The maximum absolute atomic E-state index is 12.1. The van der Waals surface area contributed by atoms with Crippen LogP contribution in [0.1, 0.15) is 10.4 Å². The zero-order chi connectivity index (χ0) is 17.0. The molecule has 0 spiro atoms. The van der Waals surface area contributed by atoms with Crippen molar-refractivity contribution in [1.29, 1.82) is 0 Å². The lowest BCUT2D eigenvalue weighted by Crippen LogP contribution is -2.43. The van der Waals surface area contributed by atoms with Crippen molar-refractivity contribution in [1.82, 2.24) is 5.32 Å². The molecule has 122 valence electrons. The maximum Gasteiger partial charge on any atom is 0.253 e. The topological polar surface area (TPSA) is 58.6 Å². The Balaban J connectivity index is 2.20. The minimum Gasteiger partial charge on any atom is -0.497 e. The van der Waals surface area contributed by atoms with Gasteiger partial charge in [-0.15, -0.1) is 0 Å². The zero-order valence-corrected chi connectivity index (χ0v) is 14.4. The first-order valence-corrected chi connectivity index (χ1v) is 7.75. The average Bonchev–Trinajstić information content (AvgIpc) is 2.54. The molecule has 4 nitrogen and oxygen atoms in total. The third-order valence-electron chi connectivity index (χ3n) is 3.13. The van der Waals surface area contributed by atoms with Crippen LogP contribution in [-0.4, -0.2) is 28.1 Å². The van der Waals surface area contributed by atoms with E-state index in [9.17, 15) is 9.90 Å². The summed E-state index contributed by atoms with van der Waals surface area (Å²) in [7, 11) is 1.59. The van der Waals surface area contributed by atoms with Gasteiger partial charge in [0.05, 0.1) is 7.11 Å². The summed E-state index contributed by atoms with van der Waals surface area (Å²) in [5.74, 6) is 0.202. The minimum atomic E-state index is -2.00. The molecule has 0 fully saturated rings. The Morgan fingerprint density at radius 2 is 1.78 bits per heavy atom. The molecule has 2 aromatic carbocycles. The van der Waals surface area contributed by atoms with E-state index in [1.54, 1.807) is 25.3 Å². The molecule has 0 saturated heterocycles. The number of alkyl halides is 3. The molecule has 0 aliphatic rings. The number of carbonyl (C=O) groups is 1. The highest BCUT2D eigenvalue weighted by Crippen LogP contribution is 2.29. The number of hydrogen-bond donors (Lipinski definition) is 2.